The summed E-state index contributed by atoms with van der Waals surface area (Å²) in [6.07, 6.45) is 88.2. The summed E-state index contributed by atoms with van der Waals surface area (Å²) in [6.45, 7) is 6.50. The number of ether oxygens (including phenoxy) is 3. The van der Waals surface area contributed by atoms with Crippen LogP contribution in [-0.2, 0) is 28.6 Å². The van der Waals surface area contributed by atoms with Crippen LogP contribution < -0.4 is 0 Å². The van der Waals surface area contributed by atoms with E-state index in [2.05, 4.69) is 81.5 Å². The molecule has 458 valence electrons. The van der Waals surface area contributed by atoms with Gasteiger partial charge in [-0.05, 0) is 70.6 Å². The zero-order valence-electron chi connectivity index (χ0n) is 52.6. The Hall–Kier alpha value is -3.15. The number of carbonyl (C=O) groups is 3. The van der Waals surface area contributed by atoms with Crippen molar-refractivity contribution >= 4 is 17.9 Å². The first-order valence-electron chi connectivity index (χ1n) is 34.4. The lowest BCUT2D eigenvalue weighted by atomic mass is 10.0. The highest BCUT2D eigenvalue weighted by atomic mass is 16.6. The summed E-state index contributed by atoms with van der Waals surface area (Å²) < 4.78 is 16.9. The Kier molecular flexibility index (Phi) is 64.7. The zero-order chi connectivity index (χ0) is 57.1. The number of hydrogen-bond donors (Lipinski definition) is 0. The molecule has 0 bridgehead atoms. The highest BCUT2D eigenvalue weighted by molar-refractivity contribution is 5.72. The topological polar surface area (TPSA) is 78.9 Å². The second kappa shape index (κ2) is 67.4. The number of esters is 3. The molecule has 6 nitrogen and oxygen atoms in total. The SMILES string of the molecule is CC/C=C\C/C=C\C/C=C\C/C=C\C/C=C\CC(=O)OCC(COC(=O)CCCCCCCCCCCCC/C=C\CCCCCCCCCC)OC(=O)CCCCCCCCCCCCCCCCCCCCCCCCC. The number of carbonyl (C=O) groups excluding carboxylic acids is 3. The minimum absolute atomic E-state index is 0.102. The molecule has 79 heavy (non-hydrogen) atoms. The average Bonchev–Trinajstić information content (AvgIpc) is 3.45. The van der Waals surface area contributed by atoms with Crippen molar-refractivity contribution in [2.75, 3.05) is 13.2 Å². The summed E-state index contributed by atoms with van der Waals surface area (Å²) >= 11 is 0. The van der Waals surface area contributed by atoms with Crippen LogP contribution in [-0.4, -0.2) is 37.2 Å². The van der Waals surface area contributed by atoms with Gasteiger partial charge >= 0.3 is 17.9 Å². The molecule has 0 heterocycles. The van der Waals surface area contributed by atoms with Gasteiger partial charge in [0.1, 0.15) is 13.2 Å². The highest BCUT2D eigenvalue weighted by Crippen LogP contribution is 2.18. The van der Waals surface area contributed by atoms with Crippen molar-refractivity contribution in [3.8, 4) is 0 Å². The normalized spacial score (nSPS) is 12.5. The van der Waals surface area contributed by atoms with Crippen molar-refractivity contribution in [3.63, 3.8) is 0 Å². The van der Waals surface area contributed by atoms with E-state index < -0.39 is 12.1 Å². The van der Waals surface area contributed by atoms with E-state index >= 15 is 0 Å². The number of rotatable bonds is 63. The first kappa shape index (κ1) is 75.8. The minimum atomic E-state index is -0.815. The molecule has 0 saturated carbocycles. The molecule has 0 fully saturated rings. The molecule has 0 amide bonds. The fourth-order valence-corrected chi connectivity index (χ4v) is 10.1. The van der Waals surface area contributed by atoms with Gasteiger partial charge in [0.25, 0.3) is 0 Å². The van der Waals surface area contributed by atoms with Gasteiger partial charge in [0.15, 0.2) is 6.10 Å². The lowest BCUT2D eigenvalue weighted by Crippen LogP contribution is -2.30. The van der Waals surface area contributed by atoms with Crippen LogP contribution in [0.2, 0.25) is 0 Å². The smallest absolute Gasteiger partial charge is 0.309 e. The quantitative estimate of drug-likeness (QED) is 0.0261. The van der Waals surface area contributed by atoms with Crippen molar-refractivity contribution < 1.29 is 28.6 Å². The minimum Gasteiger partial charge on any atom is -0.462 e. The summed E-state index contributed by atoms with van der Waals surface area (Å²) in [7, 11) is 0. The molecule has 0 aromatic heterocycles. The largest absolute Gasteiger partial charge is 0.462 e. The summed E-state index contributed by atoms with van der Waals surface area (Å²) in [4.78, 5) is 38.3. The highest BCUT2D eigenvalue weighted by Gasteiger charge is 2.19. The van der Waals surface area contributed by atoms with Crippen LogP contribution in [0.5, 0.6) is 0 Å². The molecular weight excluding hydrogens is 973 g/mol. The summed E-state index contributed by atoms with van der Waals surface area (Å²) in [5.74, 6) is -1.02. The Morgan fingerprint density at radius 3 is 0.873 bits per heavy atom. The predicted octanol–water partition coefficient (Wildman–Crippen LogP) is 23.7. The summed E-state index contributed by atoms with van der Waals surface area (Å²) in [5.41, 5.74) is 0. The van der Waals surface area contributed by atoms with Crippen LogP contribution in [0.4, 0.5) is 0 Å². The van der Waals surface area contributed by atoms with Crippen LogP contribution in [0, 0.1) is 0 Å². The Morgan fingerprint density at radius 2 is 0.544 bits per heavy atom. The molecule has 1 atom stereocenters. The molecular formula is C73H130O6. The standard InChI is InChI=1S/C73H130O6/c1-4-7-10-13-16-19-22-25-28-30-32-34-36-38-40-42-45-48-51-54-57-60-63-66-72(75)78-69-70(68-77-71(74)65-62-59-56-53-50-47-44-27-24-21-18-15-12-9-6-3)79-73(76)67-64-61-58-55-52-49-46-43-41-39-37-35-33-31-29-26-23-20-17-14-11-8-5-2/h9,12,18,21,27,30,32,44,50,53,59,62,70H,4-8,10-11,13-17,19-20,22-26,28-29,31,33-43,45-49,51-52,54-58,60-61,63-69H2,1-3H3/b12-9-,21-18-,32-30-,44-27-,53-50-,62-59-. The Morgan fingerprint density at radius 1 is 0.278 bits per heavy atom. The maximum atomic E-state index is 12.9. The maximum absolute atomic E-state index is 12.9. The van der Waals surface area contributed by atoms with Gasteiger partial charge < -0.3 is 14.2 Å². The second-order valence-electron chi connectivity index (χ2n) is 23.1. The van der Waals surface area contributed by atoms with Crippen LogP contribution in [0.15, 0.2) is 72.9 Å². The second-order valence-corrected chi connectivity index (χ2v) is 23.1. The number of unbranched alkanes of at least 4 members (excludes halogenated alkanes) is 41. The van der Waals surface area contributed by atoms with E-state index in [4.69, 9.17) is 14.2 Å². The predicted molar refractivity (Wildman–Crippen MR) is 344 cm³/mol. The van der Waals surface area contributed by atoms with E-state index in [1.54, 1.807) is 0 Å². The van der Waals surface area contributed by atoms with Gasteiger partial charge in [-0.1, -0.05) is 338 Å². The summed E-state index contributed by atoms with van der Waals surface area (Å²) in [6, 6.07) is 0. The molecule has 6 heteroatoms. The molecule has 1 unspecified atom stereocenters. The third-order valence-electron chi connectivity index (χ3n) is 15.2. The van der Waals surface area contributed by atoms with E-state index in [-0.39, 0.29) is 31.6 Å². The molecule has 0 rings (SSSR count). The van der Waals surface area contributed by atoms with Gasteiger partial charge in [0, 0.05) is 12.8 Å². The van der Waals surface area contributed by atoms with Crippen LogP contribution in [0.3, 0.4) is 0 Å². The molecule has 0 aromatic carbocycles. The molecule has 0 aliphatic heterocycles. The van der Waals surface area contributed by atoms with Gasteiger partial charge in [-0.3, -0.25) is 14.4 Å². The van der Waals surface area contributed by atoms with E-state index in [0.29, 0.717) is 12.8 Å². The van der Waals surface area contributed by atoms with Gasteiger partial charge in [0.2, 0.25) is 0 Å². The van der Waals surface area contributed by atoms with Crippen LogP contribution in [0.25, 0.3) is 0 Å². The van der Waals surface area contributed by atoms with Gasteiger partial charge in [0.05, 0.1) is 6.42 Å². The van der Waals surface area contributed by atoms with Crippen LogP contribution in [0.1, 0.15) is 355 Å². The fraction of sp³-hybridized carbons (Fsp3) is 0.795. The van der Waals surface area contributed by atoms with E-state index in [1.165, 1.54) is 244 Å². The zero-order valence-corrected chi connectivity index (χ0v) is 52.6. The maximum Gasteiger partial charge on any atom is 0.309 e. The van der Waals surface area contributed by atoms with Gasteiger partial charge in [-0.2, -0.15) is 0 Å². The fourth-order valence-electron chi connectivity index (χ4n) is 10.1. The van der Waals surface area contributed by atoms with E-state index in [9.17, 15) is 14.4 Å². The lowest BCUT2D eigenvalue weighted by molar-refractivity contribution is -0.166. The third-order valence-corrected chi connectivity index (χ3v) is 15.2. The molecule has 0 aromatic rings. The number of allylic oxidation sites excluding steroid dienone is 11. The van der Waals surface area contributed by atoms with Gasteiger partial charge in [-0.25, -0.2) is 0 Å². The molecule has 0 saturated heterocycles. The van der Waals surface area contributed by atoms with Crippen molar-refractivity contribution in [2.24, 2.45) is 0 Å². The Balaban J connectivity index is 4.35. The first-order chi connectivity index (χ1) is 39.0. The van der Waals surface area contributed by atoms with Crippen molar-refractivity contribution in [2.45, 2.75) is 361 Å². The molecule has 0 aliphatic rings. The van der Waals surface area contributed by atoms with Crippen molar-refractivity contribution in [3.05, 3.63) is 72.9 Å². The molecule has 0 aliphatic carbocycles. The Bertz CT molecular complexity index is 1450. The van der Waals surface area contributed by atoms with Crippen molar-refractivity contribution in [1.82, 2.24) is 0 Å². The number of hydrogen-bond acceptors (Lipinski definition) is 6. The van der Waals surface area contributed by atoms with E-state index in [1.807, 2.05) is 12.2 Å². The molecule has 0 N–H and O–H groups in total. The Labute approximate surface area is 491 Å². The summed E-state index contributed by atoms with van der Waals surface area (Å²) in [5, 5.41) is 0. The molecule has 0 spiro atoms. The van der Waals surface area contributed by atoms with E-state index in [0.717, 1.165) is 70.6 Å². The van der Waals surface area contributed by atoms with Crippen molar-refractivity contribution in [1.29, 1.82) is 0 Å². The van der Waals surface area contributed by atoms with Crippen LogP contribution >= 0.6 is 0 Å². The lowest BCUT2D eigenvalue weighted by Gasteiger charge is -2.18. The monoisotopic (exact) mass is 1100 g/mol. The molecule has 0 radical (unpaired) electrons. The average molecular weight is 1100 g/mol. The third kappa shape index (κ3) is 65.5. The first-order valence-corrected chi connectivity index (χ1v) is 34.4. The van der Waals surface area contributed by atoms with Gasteiger partial charge in [-0.15, -0.1) is 0 Å².